The molecule has 3 aliphatic rings. The van der Waals surface area contributed by atoms with Gasteiger partial charge in [0.2, 0.25) is 0 Å². The van der Waals surface area contributed by atoms with Crippen molar-refractivity contribution < 1.29 is 42.2 Å². The van der Waals surface area contributed by atoms with Crippen molar-refractivity contribution in [2.24, 2.45) is 0 Å². The van der Waals surface area contributed by atoms with Gasteiger partial charge in [-0.1, -0.05) is 54.4 Å². The Morgan fingerprint density at radius 1 is 0.739 bits per heavy atom. The second-order valence-electron chi connectivity index (χ2n) is 3.98. The molecule has 0 amide bonds. The molecule has 23 heavy (non-hydrogen) atoms. The Balaban J connectivity index is -0.0000000999. The van der Waals surface area contributed by atoms with E-state index in [1.54, 1.807) is 0 Å². The van der Waals surface area contributed by atoms with Gasteiger partial charge in [-0.15, -0.1) is 19.6 Å². The van der Waals surface area contributed by atoms with Crippen LogP contribution in [0.1, 0.15) is 54.4 Å². The second kappa shape index (κ2) is 34.3. The largest absolute Gasteiger partial charge is 0.662 e. The molecule has 0 saturated carbocycles. The maximum atomic E-state index is 4.98. The van der Waals surface area contributed by atoms with Gasteiger partial charge < -0.3 is 20.1 Å². The Labute approximate surface area is 171 Å². The topological polar surface area (TPSA) is 49.9 Å². The molecule has 3 aliphatic heterocycles. The summed E-state index contributed by atoms with van der Waals surface area (Å²) in [7, 11) is 2.05. The molecule has 5 nitrogen and oxygen atoms in total. The van der Waals surface area contributed by atoms with Crippen LogP contribution in [0.5, 0.6) is 0 Å². The summed E-state index contributed by atoms with van der Waals surface area (Å²) in [4.78, 5) is 2.14. The molecule has 0 spiro atoms. The average molecular weight is 408 g/mol. The summed E-state index contributed by atoms with van der Waals surface area (Å²) < 4.78 is 9.76. The van der Waals surface area contributed by atoms with Gasteiger partial charge in [-0.25, -0.2) is 0 Å². The second-order valence-corrected chi connectivity index (χ2v) is 3.98. The van der Waals surface area contributed by atoms with Gasteiger partial charge in [0.25, 0.3) is 0 Å². The van der Waals surface area contributed by atoms with Crippen molar-refractivity contribution in [3.8, 4) is 0 Å². The van der Waals surface area contributed by atoms with Crippen LogP contribution in [0.4, 0.5) is 0 Å². The number of rotatable bonds is 0. The van der Waals surface area contributed by atoms with E-state index in [0.29, 0.717) is 6.73 Å². The first-order valence-electron chi connectivity index (χ1n) is 9.00. The van der Waals surface area contributed by atoms with Crippen molar-refractivity contribution in [2.45, 2.75) is 54.4 Å². The fourth-order valence-corrected chi connectivity index (χ4v) is 1.39. The molecule has 0 aliphatic carbocycles. The van der Waals surface area contributed by atoms with E-state index in [1.165, 1.54) is 12.8 Å². The monoisotopic (exact) mass is 408 g/mol. The first-order chi connectivity index (χ1) is 10.9. The maximum Gasteiger partial charge on any atom is 0.0989 e. The van der Waals surface area contributed by atoms with Crippen LogP contribution in [0.3, 0.4) is 0 Å². The third-order valence-electron chi connectivity index (χ3n) is 2.39. The summed E-state index contributed by atoms with van der Waals surface area (Å²) in [5, 5.41) is 7.94. The first kappa shape index (κ1) is 31.7. The predicted molar refractivity (Wildman–Crippen MR) is 98.9 cm³/mol. The van der Waals surface area contributed by atoms with Crippen molar-refractivity contribution in [1.29, 1.82) is 0 Å². The van der Waals surface area contributed by atoms with Crippen molar-refractivity contribution in [3.63, 3.8) is 0 Å². The molecule has 3 heterocycles. The standard InChI is InChI=1S/C4H9NO.C4H8N.C3H6NO.3C2H6.Y/c1-5-2-3-6-4-5;1-2-4-5-3-1;1-2-5-3-4-1;3*1-2;/h2-4H2,1H3;1-4H2;1-3H2;3*1-2H3;/q;2*-1;;;;. The first-order valence-corrected chi connectivity index (χ1v) is 9.00. The van der Waals surface area contributed by atoms with Crippen LogP contribution in [0, 0.1) is 0 Å². The zero-order chi connectivity index (χ0) is 17.5. The van der Waals surface area contributed by atoms with Crippen LogP contribution in [0.15, 0.2) is 0 Å². The molecule has 0 aromatic carbocycles. The van der Waals surface area contributed by atoms with E-state index in [9.17, 15) is 0 Å². The van der Waals surface area contributed by atoms with Gasteiger partial charge in [-0.2, -0.15) is 0 Å². The van der Waals surface area contributed by atoms with Gasteiger partial charge in [-0.3, -0.25) is 4.90 Å². The number of nitrogens with zero attached hydrogens (tertiary/aromatic N) is 3. The number of hydrogen-bond acceptors (Lipinski definition) is 3. The quantitative estimate of drug-likeness (QED) is 0.594. The fourth-order valence-electron chi connectivity index (χ4n) is 1.39. The molecule has 3 rings (SSSR count). The van der Waals surface area contributed by atoms with Crippen LogP contribution in [0.25, 0.3) is 10.6 Å². The van der Waals surface area contributed by atoms with Crippen LogP contribution in [-0.4, -0.2) is 64.8 Å². The minimum Gasteiger partial charge on any atom is -0.662 e. The summed E-state index contributed by atoms with van der Waals surface area (Å²) in [6.07, 6.45) is 2.67. The van der Waals surface area contributed by atoms with Crippen molar-refractivity contribution in [1.82, 2.24) is 4.90 Å². The van der Waals surface area contributed by atoms with Crippen LogP contribution >= 0.6 is 0 Å². The van der Waals surface area contributed by atoms with E-state index >= 15 is 0 Å². The summed E-state index contributed by atoms with van der Waals surface area (Å²) >= 11 is 0. The average Bonchev–Trinajstić information content (AvgIpc) is 3.38. The smallest absolute Gasteiger partial charge is 0.0989 e. The minimum atomic E-state index is 0. The van der Waals surface area contributed by atoms with Crippen LogP contribution in [-0.2, 0) is 42.2 Å². The molecule has 141 valence electrons. The molecule has 0 unspecified atom stereocenters. The van der Waals surface area contributed by atoms with Gasteiger partial charge >= 0.3 is 0 Å². The van der Waals surface area contributed by atoms with Crippen LogP contribution < -0.4 is 0 Å². The van der Waals surface area contributed by atoms with E-state index in [2.05, 4.69) is 15.5 Å². The van der Waals surface area contributed by atoms with Crippen molar-refractivity contribution >= 4 is 0 Å². The van der Waals surface area contributed by atoms with Crippen molar-refractivity contribution in [2.75, 3.05) is 59.9 Å². The Bertz CT molecular complexity index is 128. The summed E-state index contributed by atoms with van der Waals surface area (Å²) in [5.74, 6) is 0. The molecule has 0 bridgehead atoms. The Kier molecular flexibility index (Phi) is 47.2. The Hall–Kier alpha value is 0.904. The van der Waals surface area contributed by atoms with Crippen molar-refractivity contribution in [3.05, 3.63) is 10.6 Å². The molecule has 3 fully saturated rings. The van der Waals surface area contributed by atoms with E-state index in [0.717, 1.165) is 46.1 Å². The third-order valence-corrected chi connectivity index (χ3v) is 2.39. The number of ether oxygens (including phenoxy) is 2. The SMILES string of the molecule is C1CC[N-]C1.C1COC[N-]1.CC.CC.CC.CN1CCOC1.[Y]. The zero-order valence-corrected chi connectivity index (χ0v) is 19.6. The van der Waals surface area contributed by atoms with E-state index in [4.69, 9.17) is 9.47 Å². The van der Waals surface area contributed by atoms with Gasteiger partial charge in [0.15, 0.2) is 0 Å². The summed E-state index contributed by atoms with van der Waals surface area (Å²) in [5.41, 5.74) is 0. The maximum absolute atomic E-state index is 4.98. The molecule has 0 aromatic rings. The Morgan fingerprint density at radius 3 is 1.43 bits per heavy atom. The molecule has 0 N–H and O–H groups in total. The molecule has 0 aromatic heterocycles. The fraction of sp³-hybridized carbons (Fsp3) is 1.00. The molecule has 3 saturated heterocycles. The minimum absolute atomic E-state index is 0. The summed E-state index contributed by atoms with van der Waals surface area (Å²) in [6, 6.07) is 0. The molecular formula is C17H41N3O2Y-2. The number of hydrogen-bond donors (Lipinski definition) is 0. The predicted octanol–water partition coefficient (Wildman–Crippen LogP) is 4.48. The van der Waals surface area contributed by atoms with Gasteiger partial charge in [0.1, 0.15) is 0 Å². The van der Waals surface area contributed by atoms with Gasteiger partial charge in [0.05, 0.1) is 13.3 Å². The number of likely N-dealkylation sites (N-methyl/N-ethyl adjacent to an activating group) is 1. The zero-order valence-electron chi connectivity index (χ0n) is 16.8. The van der Waals surface area contributed by atoms with E-state index < -0.39 is 0 Å². The molecule has 0 atom stereocenters. The van der Waals surface area contributed by atoms with E-state index in [-0.39, 0.29) is 32.7 Å². The Morgan fingerprint density at radius 2 is 1.30 bits per heavy atom. The normalized spacial score (nSPS) is 17.9. The van der Waals surface area contributed by atoms with Gasteiger partial charge in [-0.05, 0) is 13.8 Å². The molecule has 6 heteroatoms. The van der Waals surface area contributed by atoms with E-state index in [1.807, 2.05) is 48.6 Å². The summed E-state index contributed by atoms with van der Waals surface area (Å²) in [6.45, 7) is 19.4. The van der Waals surface area contributed by atoms with Crippen LogP contribution in [0.2, 0.25) is 0 Å². The molecular weight excluding hydrogens is 367 g/mol. The molecule has 1 radical (unpaired) electrons. The van der Waals surface area contributed by atoms with Gasteiger partial charge in [0, 0.05) is 45.9 Å². The third kappa shape index (κ3) is 31.2.